The van der Waals surface area contributed by atoms with Crippen LogP contribution in [0.15, 0.2) is 22.7 Å². The van der Waals surface area contributed by atoms with Crippen molar-refractivity contribution in [2.75, 3.05) is 6.54 Å². The van der Waals surface area contributed by atoms with Gasteiger partial charge in [0.15, 0.2) is 0 Å². The van der Waals surface area contributed by atoms with Crippen LogP contribution in [0.2, 0.25) is 0 Å². The van der Waals surface area contributed by atoms with E-state index >= 15 is 0 Å². The number of hydrogen-bond acceptors (Lipinski definition) is 2. The average Bonchev–Trinajstić information content (AvgIpc) is 2.21. The van der Waals surface area contributed by atoms with E-state index in [1.165, 1.54) is 12.0 Å². The van der Waals surface area contributed by atoms with E-state index < -0.39 is 6.10 Å². The van der Waals surface area contributed by atoms with Gasteiger partial charge in [0.1, 0.15) is 0 Å². The zero-order valence-corrected chi connectivity index (χ0v) is 11.1. The standard InChI is InChI=1S/C13H18BrNO/c1-9-3-4-10(7-11(9)14)12(16)13(8-15)5-2-6-13/h3-4,7,12,16H,2,5-6,8,15H2,1H3. The highest BCUT2D eigenvalue weighted by atomic mass is 79.9. The molecule has 3 heteroatoms. The molecule has 0 heterocycles. The molecule has 0 spiro atoms. The lowest BCUT2D eigenvalue weighted by molar-refractivity contribution is -0.0297. The van der Waals surface area contributed by atoms with Crippen molar-refractivity contribution in [1.82, 2.24) is 0 Å². The molecule has 1 aliphatic carbocycles. The average molecular weight is 284 g/mol. The van der Waals surface area contributed by atoms with Gasteiger partial charge in [0.2, 0.25) is 0 Å². The maximum absolute atomic E-state index is 10.4. The van der Waals surface area contributed by atoms with Crippen LogP contribution < -0.4 is 5.73 Å². The monoisotopic (exact) mass is 283 g/mol. The fraction of sp³-hybridized carbons (Fsp3) is 0.538. The summed E-state index contributed by atoms with van der Waals surface area (Å²) in [7, 11) is 0. The van der Waals surface area contributed by atoms with Crippen molar-refractivity contribution < 1.29 is 5.11 Å². The van der Waals surface area contributed by atoms with E-state index in [-0.39, 0.29) is 5.41 Å². The summed E-state index contributed by atoms with van der Waals surface area (Å²) in [6.07, 6.45) is 2.83. The molecule has 88 valence electrons. The number of aryl methyl sites for hydroxylation is 1. The third-order valence-corrected chi connectivity index (χ3v) is 4.70. The highest BCUT2D eigenvalue weighted by Crippen LogP contribution is 2.49. The fourth-order valence-electron chi connectivity index (χ4n) is 2.35. The van der Waals surface area contributed by atoms with Gasteiger partial charge in [0.05, 0.1) is 6.10 Å². The highest BCUT2D eigenvalue weighted by molar-refractivity contribution is 9.10. The summed E-state index contributed by atoms with van der Waals surface area (Å²) in [4.78, 5) is 0. The molecule has 1 aromatic carbocycles. The van der Waals surface area contributed by atoms with E-state index in [2.05, 4.69) is 15.9 Å². The quantitative estimate of drug-likeness (QED) is 0.896. The summed E-state index contributed by atoms with van der Waals surface area (Å²) in [5.74, 6) is 0. The lowest BCUT2D eigenvalue weighted by Crippen LogP contribution is -2.42. The molecule has 1 aromatic rings. The Balaban J connectivity index is 2.26. The normalized spacial score (nSPS) is 20.2. The first-order valence-electron chi connectivity index (χ1n) is 5.73. The minimum atomic E-state index is -0.428. The molecule has 2 rings (SSSR count). The molecular formula is C13H18BrNO. The predicted octanol–water partition coefficient (Wildman–Crippen LogP) is 2.92. The Kier molecular flexibility index (Phi) is 3.38. The first-order valence-corrected chi connectivity index (χ1v) is 6.52. The maximum Gasteiger partial charge on any atom is 0.0858 e. The van der Waals surface area contributed by atoms with Crippen molar-refractivity contribution in [3.8, 4) is 0 Å². The van der Waals surface area contributed by atoms with Gasteiger partial charge in [-0.25, -0.2) is 0 Å². The molecule has 0 aromatic heterocycles. The van der Waals surface area contributed by atoms with Gasteiger partial charge in [-0.15, -0.1) is 0 Å². The molecule has 0 radical (unpaired) electrons. The van der Waals surface area contributed by atoms with Gasteiger partial charge in [-0.05, 0) is 37.0 Å². The first-order chi connectivity index (χ1) is 7.59. The van der Waals surface area contributed by atoms with Crippen LogP contribution in [-0.2, 0) is 0 Å². The van der Waals surface area contributed by atoms with Crippen LogP contribution in [0, 0.1) is 12.3 Å². The smallest absolute Gasteiger partial charge is 0.0858 e. The van der Waals surface area contributed by atoms with Crippen LogP contribution >= 0.6 is 15.9 Å². The van der Waals surface area contributed by atoms with Gasteiger partial charge in [-0.2, -0.15) is 0 Å². The molecule has 0 bridgehead atoms. The lowest BCUT2D eigenvalue weighted by atomic mass is 9.63. The van der Waals surface area contributed by atoms with Crippen molar-refractivity contribution in [2.45, 2.75) is 32.3 Å². The Morgan fingerprint density at radius 3 is 2.62 bits per heavy atom. The van der Waals surface area contributed by atoms with Gasteiger partial charge in [-0.1, -0.05) is 34.5 Å². The molecule has 0 aliphatic heterocycles. The largest absolute Gasteiger partial charge is 0.388 e. The first kappa shape index (κ1) is 12.1. The summed E-state index contributed by atoms with van der Waals surface area (Å²) < 4.78 is 1.05. The number of aliphatic hydroxyl groups is 1. The van der Waals surface area contributed by atoms with E-state index in [1.807, 2.05) is 25.1 Å². The van der Waals surface area contributed by atoms with Crippen molar-refractivity contribution in [3.63, 3.8) is 0 Å². The molecule has 1 atom stereocenters. The third kappa shape index (κ3) is 1.92. The summed E-state index contributed by atoms with van der Waals surface area (Å²) in [5.41, 5.74) is 7.89. The van der Waals surface area contributed by atoms with Crippen LogP contribution in [-0.4, -0.2) is 11.7 Å². The Morgan fingerprint density at radius 1 is 1.50 bits per heavy atom. The lowest BCUT2D eigenvalue weighted by Gasteiger charge is -2.45. The molecule has 2 nitrogen and oxygen atoms in total. The van der Waals surface area contributed by atoms with E-state index in [0.717, 1.165) is 22.9 Å². The molecule has 1 aliphatic rings. The zero-order chi connectivity index (χ0) is 11.8. The number of halogens is 1. The maximum atomic E-state index is 10.4. The fourth-order valence-corrected chi connectivity index (χ4v) is 2.75. The molecule has 16 heavy (non-hydrogen) atoms. The number of hydrogen-bond donors (Lipinski definition) is 2. The minimum absolute atomic E-state index is 0.0747. The summed E-state index contributed by atoms with van der Waals surface area (Å²) in [6, 6.07) is 6.04. The second-order valence-electron chi connectivity index (χ2n) is 4.83. The summed E-state index contributed by atoms with van der Waals surface area (Å²) in [6.45, 7) is 2.61. The van der Waals surface area contributed by atoms with E-state index in [1.54, 1.807) is 0 Å². The van der Waals surface area contributed by atoms with E-state index in [0.29, 0.717) is 6.54 Å². The number of aliphatic hydroxyl groups excluding tert-OH is 1. The second kappa shape index (κ2) is 4.47. The number of benzene rings is 1. The number of rotatable bonds is 3. The molecule has 0 amide bonds. The van der Waals surface area contributed by atoms with Crippen LogP contribution in [0.5, 0.6) is 0 Å². The summed E-state index contributed by atoms with van der Waals surface area (Å²) >= 11 is 3.50. The van der Waals surface area contributed by atoms with E-state index in [4.69, 9.17) is 5.73 Å². The Morgan fingerprint density at radius 2 is 2.19 bits per heavy atom. The zero-order valence-electron chi connectivity index (χ0n) is 9.54. The second-order valence-corrected chi connectivity index (χ2v) is 5.69. The van der Waals surface area contributed by atoms with Crippen LogP contribution in [0.25, 0.3) is 0 Å². The number of nitrogens with two attached hydrogens (primary N) is 1. The van der Waals surface area contributed by atoms with Gasteiger partial charge >= 0.3 is 0 Å². The Hall–Kier alpha value is -0.380. The van der Waals surface area contributed by atoms with Crippen LogP contribution in [0.1, 0.15) is 36.5 Å². The SMILES string of the molecule is Cc1ccc(C(O)C2(CN)CCC2)cc1Br. The van der Waals surface area contributed by atoms with Crippen molar-refractivity contribution in [3.05, 3.63) is 33.8 Å². The van der Waals surface area contributed by atoms with Crippen LogP contribution in [0.4, 0.5) is 0 Å². The molecular weight excluding hydrogens is 266 g/mol. The molecule has 0 saturated heterocycles. The van der Waals surface area contributed by atoms with E-state index in [9.17, 15) is 5.11 Å². The van der Waals surface area contributed by atoms with Gasteiger partial charge in [-0.3, -0.25) is 0 Å². The third-order valence-electron chi connectivity index (χ3n) is 3.85. The highest BCUT2D eigenvalue weighted by Gasteiger charge is 2.42. The van der Waals surface area contributed by atoms with Gasteiger partial charge < -0.3 is 10.8 Å². The molecule has 3 N–H and O–H groups in total. The Labute approximate surface area is 105 Å². The molecule has 1 saturated carbocycles. The topological polar surface area (TPSA) is 46.2 Å². The minimum Gasteiger partial charge on any atom is -0.388 e. The predicted molar refractivity (Wildman–Crippen MR) is 69.2 cm³/mol. The Bertz CT molecular complexity index is 382. The van der Waals surface area contributed by atoms with Crippen molar-refractivity contribution in [1.29, 1.82) is 0 Å². The summed E-state index contributed by atoms with van der Waals surface area (Å²) in [5, 5.41) is 10.4. The molecule has 1 fully saturated rings. The van der Waals surface area contributed by atoms with Crippen LogP contribution in [0.3, 0.4) is 0 Å². The van der Waals surface area contributed by atoms with Gasteiger partial charge in [0, 0.05) is 16.4 Å². The van der Waals surface area contributed by atoms with Crippen molar-refractivity contribution >= 4 is 15.9 Å². The van der Waals surface area contributed by atoms with Crippen molar-refractivity contribution in [2.24, 2.45) is 11.1 Å². The molecule has 1 unspecified atom stereocenters. The van der Waals surface area contributed by atoms with Gasteiger partial charge in [0.25, 0.3) is 0 Å².